The van der Waals surface area contributed by atoms with Crippen LogP contribution in [-0.2, 0) is 13.0 Å². The van der Waals surface area contributed by atoms with Crippen LogP contribution < -0.4 is 0 Å². The van der Waals surface area contributed by atoms with Crippen LogP contribution in [0.2, 0.25) is 0 Å². The van der Waals surface area contributed by atoms with Crippen molar-refractivity contribution in [3.05, 3.63) is 18.2 Å². The van der Waals surface area contributed by atoms with Crippen LogP contribution in [0.15, 0.2) is 12.4 Å². The Morgan fingerprint density at radius 1 is 1.25 bits per heavy atom. The first-order chi connectivity index (χ1) is 9.74. The van der Waals surface area contributed by atoms with E-state index in [1.807, 2.05) is 12.4 Å². The van der Waals surface area contributed by atoms with Crippen molar-refractivity contribution in [2.24, 2.45) is 11.8 Å². The van der Waals surface area contributed by atoms with Gasteiger partial charge in [-0.1, -0.05) is 39.5 Å². The highest BCUT2D eigenvalue weighted by Gasteiger charge is 2.26. The van der Waals surface area contributed by atoms with Crippen LogP contribution >= 0.6 is 0 Å². The molecule has 1 N–H and O–H groups in total. The van der Waals surface area contributed by atoms with E-state index in [9.17, 15) is 5.11 Å². The standard InChI is InChI=1S/C17H30N2O/c1-3-5-14-6-8-15(9-7-14)16(20)13-17-18-10-12-19(17)11-4-2/h10,12,14-16,20H,3-9,11,13H2,1-2H3. The number of rotatable bonds is 7. The van der Waals surface area contributed by atoms with Crippen molar-refractivity contribution in [2.45, 2.75) is 77.9 Å². The number of nitrogens with zero attached hydrogens (tertiary/aromatic N) is 2. The zero-order chi connectivity index (χ0) is 14.4. The zero-order valence-electron chi connectivity index (χ0n) is 13.1. The van der Waals surface area contributed by atoms with Gasteiger partial charge in [0.05, 0.1) is 6.10 Å². The summed E-state index contributed by atoms with van der Waals surface area (Å²) in [6.45, 7) is 5.45. The van der Waals surface area contributed by atoms with Crippen LogP contribution in [0.4, 0.5) is 0 Å². The molecule has 1 saturated carbocycles. The minimum atomic E-state index is -0.212. The van der Waals surface area contributed by atoms with E-state index >= 15 is 0 Å². The van der Waals surface area contributed by atoms with E-state index < -0.39 is 0 Å². The quantitative estimate of drug-likeness (QED) is 0.823. The van der Waals surface area contributed by atoms with Crippen molar-refractivity contribution in [3.63, 3.8) is 0 Å². The number of aliphatic hydroxyl groups is 1. The predicted molar refractivity (Wildman–Crippen MR) is 82.6 cm³/mol. The van der Waals surface area contributed by atoms with Gasteiger partial charge in [0.1, 0.15) is 5.82 Å². The third kappa shape index (κ3) is 4.08. The molecule has 1 aliphatic rings. The van der Waals surface area contributed by atoms with E-state index in [1.165, 1.54) is 38.5 Å². The number of aryl methyl sites for hydroxylation is 1. The molecule has 0 aliphatic heterocycles. The maximum atomic E-state index is 10.5. The Kier molecular flexibility index (Phi) is 6.08. The molecule has 1 aromatic heterocycles. The van der Waals surface area contributed by atoms with E-state index in [2.05, 4.69) is 23.4 Å². The molecule has 114 valence electrons. The highest BCUT2D eigenvalue weighted by molar-refractivity contribution is 4.95. The zero-order valence-corrected chi connectivity index (χ0v) is 13.1. The van der Waals surface area contributed by atoms with Gasteiger partial charge in [0.25, 0.3) is 0 Å². The second-order valence-electron chi connectivity index (χ2n) is 6.38. The molecule has 0 saturated heterocycles. The van der Waals surface area contributed by atoms with Gasteiger partial charge >= 0.3 is 0 Å². The second kappa shape index (κ2) is 7.82. The molecule has 0 radical (unpaired) electrons. The van der Waals surface area contributed by atoms with E-state index in [-0.39, 0.29) is 6.10 Å². The van der Waals surface area contributed by atoms with E-state index in [4.69, 9.17) is 0 Å². The van der Waals surface area contributed by atoms with Gasteiger partial charge in [0.15, 0.2) is 0 Å². The lowest BCUT2D eigenvalue weighted by atomic mass is 9.77. The van der Waals surface area contributed by atoms with Crippen molar-refractivity contribution in [1.82, 2.24) is 9.55 Å². The van der Waals surface area contributed by atoms with Crippen molar-refractivity contribution in [3.8, 4) is 0 Å². The third-order valence-corrected chi connectivity index (χ3v) is 4.79. The number of hydrogen-bond acceptors (Lipinski definition) is 2. The summed E-state index contributed by atoms with van der Waals surface area (Å²) in [5.74, 6) is 2.44. The topological polar surface area (TPSA) is 38.1 Å². The highest BCUT2D eigenvalue weighted by atomic mass is 16.3. The minimum Gasteiger partial charge on any atom is -0.392 e. The lowest BCUT2D eigenvalue weighted by molar-refractivity contribution is 0.0706. The SMILES string of the molecule is CCCC1CCC(C(O)Cc2nccn2CCC)CC1. The average Bonchev–Trinajstić information content (AvgIpc) is 2.88. The van der Waals surface area contributed by atoms with Gasteiger partial charge in [-0.05, 0) is 31.1 Å². The van der Waals surface area contributed by atoms with Crippen LogP contribution in [0.1, 0.15) is 64.6 Å². The van der Waals surface area contributed by atoms with Gasteiger partial charge < -0.3 is 9.67 Å². The Morgan fingerprint density at radius 3 is 2.65 bits per heavy atom. The van der Waals surface area contributed by atoms with Gasteiger partial charge in [0.2, 0.25) is 0 Å². The van der Waals surface area contributed by atoms with Crippen molar-refractivity contribution in [2.75, 3.05) is 0 Å². The number of imidazole rings is 1. The average molecular weight is 278 g/mol. The van der Waals surface area contributed by atoms with Crippen LogP contribution in [0.3, 0.4) is 0 Å². The first kappa shape index (κ1) is 15.6. The van der Waals surface area contributed by atoms with E-state index in [0.29, 0.717) is 5.92 Å². The van der Waals surface area contributed by atoms with Crippen molar-refractivity contribution in [1.29, 1.82) is 0 Å². The fourth-order valence-electron chi connectivity index (χ4n) is 3.60. The lowest BCUT2D eigenvalue weighted by Gasteiger charge is -2.31. The van der Waals surface area contributed by atoms with Gasteiger partial charge in [-0.2, -0.15) is 0 Å². The Morgan fingerprint density at radius 2 is 2.00 bits per heavy atom. The molecule has 0 spiro atoms. The second-order valence-corrected chi connectivity index (χ2v) is 6.38. The first-order valence-corrected chi connectivity index (χ1v) is 8.42. The summed E-state index contributed by atoms with van der Waals surface area (Å²) in [6.07, 6.45) is 13.2. The summed E-state index contributed by atoms with van der Waals surface area (Å²) < 4.78 is 2.19. The minimum absolute atomic E-state index is 0.212. The van der Waals surface area contributed by atoms with Crippen LogP contribution in [0.25, 0.3) is 0 Å². The maximum Gasteiger partial charge on any atom is 0.111 e. The number of aromatic nitrogens is 2. The molecule has 1 aliphatic carbocycles. The number of aliphatic hydroxyl groups excluding tert-OH is 1. The van der Waals surface area contributed by atoms with Gasteiger partial charge in [-0.25, -0.2) is 4.98 Å². The molecule has 1 atom stereocenters. The molecule has 20 heavy (non-hydrogen) atoms. The Bertz CT molecular complexity index is 380. The Balaban J connectivity index is 1.83. The van der Waals surface area contributed by atoms with Crippen molar-refractivity contribution >= 4 is 0 Å². The molecular weight excluding hydrogens is 248 g/mol. The molecule has 1 fully saturated rings. The monoisotopic (exact) mass is 278 g/mol. The van der Waals surface area contributed by atoms with Gasteiger partial charge in [0, 0.05) is 25.4 Å². The molecule has 0 bridgehead atoms. The Labute approximate surface area is 123 Å². The Hall–Kier alpha value is -0.830. The van der Waals surface area contributed by atoms with Gasteiger partial charge in [-0.15, -0.1) is 0 Å². The van der Waals surface area contributed by atoms with Crippen LogP contribution in [0, 0.1) is 11.8 Å². The smallest absolute Gasteiger partial charge is 0.111 e. The van der Waals surface area contributed by atoms with Crippen LogP contribution in [-0.4, -0.2) is 20.8 Å². The number of hydrogen-bond donors (Lipinski definition) is 1. The summed E-state index contributed by atoms with van der Waals surface area (Å²) in [5.41, 5.74) is 0. The van der Waals surface area contributed by atoms with Gasteiger partial charge in [-0.3, -0.25) is 0 Å². The summed E-state index contributed by atoms with van der Waals surface area (Å²) >= 11 is 0. The molecule has 3 heteroatoms. The lowest BCUT2D eigenvalue weighted by Crippen LogP contribution is -2.28. The molecule has 0 aromatic carbocycles. The molecule has 1 unspecified atom stereocenters. The fraction of sp³-hybridized carbons (Fsp3) is 0.824. The predicted octanol–water partition coefficient (Wildman–Crippen LogP) is 3.80. The highest BCUT2D eigenvalue weighted by Crippen LogP contribution is 2.33. The summed E-state index contributed by atoms with van der Waals surface area (Å²) in [6, 6.07) is 0. The molecule has 3 nitrogen and oxygen atoms in total. The molecule has 0 amide bonds. The largest absolute Gasteiger partial charge is 0.392 e. The van der Waals surface area contributed by atoms with Crippen molar-refractivity contribution < 1.29 is 5.11 Å². The summed E-state index contributed by atoms with van der Waals surface area (Å²) in [4.78, 5) is 4.42. The van der Waals surface area contributed by atoms with E-state index in [0.717, 1.165) is 31.1 Å². The maximum absolute atomic E-state index is 10.5. The molecule has 1 heterocycles. The summed E-state index contributed by atoms with van der Waals surface area (Å²) in [5, 5.41) is 10.5. The first-order valence-electron chi connectivity index (χ1n) is 8.42. The molecule has 2 rings (SSSR count). The third-order valence-electron chi connectivity index (χ3n) is 4.79. The summed E-state index contributed by atoms with van der Waals surface area (Å²) in [7, 11) is 0. The molecule has 1 aromatic rings. The van der Waals surface area contributed by atoms with Crippen LogP contribution in [0.5, 0.6) is 0 Å². The molecular formula is C17H30N2O. The fourth-order valence-corrected chi connectivity index (χ4v) is 3.60. The normalized spacial score (nSPS) is 24.8. The van der Waals surface area contributed by atoms with E-state index in [1.54, 1.807) is 0 Å².